The van der Waals surface area contributed by atoms with Gasteiger partial charge in [0, 0.05) is 31.4 Å². The summed E-state index contributed by atoms with van der Waals surface area (Å²) in [4.78, 5) is 11.3. The highest BCUT2D eigenvalue weighted by molar-refractivity contribution is 5.87. The third kappa shape index (κ3) is 6.87. The molecule has 4 bridgehead atoms. The molecule has 0 aliphatic heterocycles. The van der Waals surface area contributed by atoms with Crippen molar-refractivity contribution in [3.8, 4) is 23.3 Å². The van der Waals surface area contributed by atoms with E-state index in [0.29, 0.717) is 36.9 Å². The van der Waals surface area contributed by atoms with Gasteiger partial charge in [0.25, 0.3) is 0 Å². The standard InChI is InChI=1S/C33H40O8/c1-4-39-32(37-3)41-30-17-29(40-21-38-12-11-36-2)27(10-7-22-5-8-26(9-6-22)31(34)35)16-28(30)33-18-23-13-24(19-33)15-25(14-23)20-33/h5-6,8-9,16-17,23-25,32H,4,11-15,18-21H2,1-3H3,(H,34,35). The van der Waals surface area contributed by atoms with E-state index in [1.165, 1.54) is 19.3 Å². The van der Waals surface area contributed by atoms with Crippen LogP contribution in [0.15, 0.2) is 36.4 Å². The summed E-state index contributed by atoms with van der Waals surface area (Å²) in [6, 6.07) is 10.6. The molecule has 4 aliphatic carbocycles. The molecule has 0 radical (unpaired) electrons. The average molecular weight is 565 g/mol. The van der Waals surface area contributed by atoms with E-state index in [9.17, 15) is 9.90 Å². The molecule has 0 amide bonds. The second-order valence-corrected chi connectivity index (χ2v) is 11.4. The highest BCUT2D eigenvalue weighted by Crippen LogP contribution is 2.62. The van der Waals surface area contributed by atoms with Gasteiger partial charge in [0.15, 0.2) is 6.79 Å². The van der Waals surface area contributed by atoms with Crippen molar-refractivity contribution in [3.05, 3.63) is 58.7 Å². The highest BCUT2D eigenvalue weighted by atomic mass is 16.8. The van der Waals surface area contributed by atoms with Gasteiger partial charge in [-0.3, -0.25) is 0 Å². The molecule has 0 spiro atoms. The molecular weight excluding hydrogens is 524 g/mol. The molecule has 1 N–H and O–H groups in total. The Bertz CT molecular complexity index is 1220. The minimum Gasteiger partial charge on any atom is -0.478 e. The van der Waals surface area contributed by atoms with Gasteiger partial charge in [0.2, 0.25) is 0 Å². The Kier molecular flexibility index (Phi) is 9.51. The Balaban J connectivity index is 1.55. The Labute approximate surface area is 242 Å². The molecule has 0 saturated heterocycles. The van der Waals surface area contributed by atoms with E-state index in [1.807, 2.05) is 13.0 Å². The molecule has 0 aromatic heterocycles. The van der Waals surface area contributed by atoms with Crippen molar-refractivity contribution in [1.82, 2.24) is 0 Å². The van der Waals surface area contributed by atoms with E-state index in [-0.39, 0.29) is 17.8 Å². The monoisotopic (exact) mass is 564 g/mol. The van der Waals surface area contributed by atoms with Gasteiger partial charge in [-0.1, -0.05) is 11.8 Å². The quantitative estimate of drug-likeness (QED) is 0.191. The second-order valence-electron chi connectivity index (χ2n) is 11.4. The van der Waals surface area contributed by atoms with Crippen molar-refractivity contribution in [2.24, 2.45) is 17.8 Å². The van der Waals surface area contributed by atoms with Gasteiger partial charge < -0.3 is 33.5 Å². The number of carbonyl (C=O) groups is 1. The van der Waals surface area contributed by atoms with Crippen LogP contribution in [-0.4, -0.2) is 58.4 Å². The van der Waals surface area contributed by atoms with Crippen LogP contribution in [0, 0.1) is 29.6 Å². The molecule has 220 valence electrons. The maximum absolute atomic E-state index is 11.3. The summed E-state index contributed by atoms with van der Waals surface area (Å²) in [5.74, 6) is 8.98. The number of hydrogen-bond acceptors (Lipinski definition) is 7. The minimum atomic E-state index is -0.967. The average Bonchev–Trinajstić information content (AvgIpc) is 2.95. The highest BCUT2D eigenvalue weighted by Gasteiger charge is 2.52. The van der Waals surface area contributed by atoms with Crippen LogP contribution in [0.2, 0.25) is 0 Å². The molecule has 1 unspecified atom stereocenters. The van der Waals surface area contributed by atoms with Crippen LogP contribution in [-0.2, 0) is 24.4 Å². The normalized spacial score (nSPS) is 24.9. The first-order valence-corrected chi connectivity index (χ1v) is 14.5. The molecule has 2 aromatic rings. The summed E-state index contributed by atoms with van der Waals surface area (Å²) >= 11 is 0. The maximum atomic E-state index is 11.3. The Morgan fingerprint density at radius 1 is 0.976 bits per heavy atom. The molecule has 2 aromatic carbocycles. The Morgan fingerprint density at radius 3 is 2.24 bits per heavy atom. The Morgan fingerprint density at radius 2 is 1.66 bits per heavy atom. The van der Waals surface area contributed by atoms with E-state index >= 15 is 0 Å². The zero-order valence-electron chi connectivity index (χ0n) is 24.1. The molecule has 8 heteroatoms. The second kappa shape index (κ2) is 13.3. The van der Waals surface area contributed by atoms with Crippen molar-refractivity contribution in [2.75, 3.05) is 40.8 Å². The van der Waals surface area contributed by atoms with Crippen LogP contribution in [0.1, 0.15) is 72.5 Å². The molecule has 1 atom stereocenters. The van der Waals surface area contributed by atoms with Crippen LogP contribution < -0.4 is 9.47 Å². The topological polar surface area (TPSA) is 92.7 Å². The number of carboxylic acid groups (broad SMARTS) is 1. The van der Waals surface area contributed by atoms with Crippen LogP contribution in [0.25, 0.3) is 0 Å². The van der Waals surface area contributed by atoms with E-state index in [2.05, 4.69) is 17.9 Å². The third-order valence-corrected chi connectivity index (χ3v) is 8.61. The van der Waals surface area contributed by atoms with Crippen LogP contribution in [0.3, 0.4) is 0 Å². The lowest BCUT2D eigenvalue weighted by atomic mass is 9.48. The molecule has 4 saturated carbocycles. The number of ether oxygens (including phenoxy) is 6. The van der Waals surface area contributed by atoms with E-state index < -0.39 is 12.4 Å². The molecule has 6 rings (SSSR count). The molecule has 4 fully saturated rings. The summed E-state index contributed by atoms with van der Waals surface area (Å²) in [6.07, 6.45) is 7.42. The molecule has 4 aliphatic rings. The summed E-state index contributed by atoms with van der Waals surface area (Å²) in [6.45, 7) is 2.41. The van der Waals surface area contributed by atoms with E-state index in [4.69, 9.17) is 28.4 Å². The number of aromatic carboxylic acids is 1. The van der Waals surface area contributed by atoms with Crippen LogP contribution in [0.4, 0.5) is 0 Å². The number of benzene rings is 2. The summed E-state index contributed by atoms with van der Waals surface area (Å²) < 4.78 is 34.3. The number of rotatable bonds is 13. The summed E-state index contributed by atoms with van der Waals surface area (Å²) in [7, 11) is 3.19. The maximum Gasteiger partial charge on any atom is 0.335 e. The largest absolute Gasteiger partial charge is 0.478 e. The van der Waals surface area contributed by atoms with Gasteiger partial charge in [-0.25, -0.2) is 4.79 Å². The van der Waals surface area contributed by atoms with Crippen molar-refractivity contribution in [1.29, 1.82) is 0 Å². The van der Waals surface area contributed by atoms with Crippen molar-refractivity contribution in [2.45, 2.75) is 57.3 Å². The van der Waals surface area contributed by atoms with Gasteiger partial charge in [0.05, 0.1) is 30.9 Å². The van der Waals surface area contributed by atoms with Crippen LogP contribution in [0.5, 0.6) is 11.5 Å². The summed E-state index contributed by atoms with van der Waals surface area (Å²) in [5.41, 5.74) is 2.81. The zero-order chi connectivity index (χ0) is 28.8. The Hall–Kier alpha value is -3.09. The van der Waals surface area contributed by atoms with Crippen LogP contribution >= 0.6 is 0 Å². The van der Waals surface area contributed by atoms with Gasteiger partial charge in [-0.05, 0) is 98.9 Å². The lowest BCUT2D eigenvalue weighted by molar-refractivity contribution is -0.231. The summed E-state index contributed by atoms with van der Waals surface area (Å²) in [5, 5.41) is 9.24. The number of hydrogen-bond donors (Lipinski definition) is 1. The predicted molar refractivity (Wildman–Crippen MR) is 152 cm³/mol. The minimum absolute atomic E-state index is 0.0155. The van der Waals surface area contributed by atoms with E-state index in [1.54, 1.807) is 38.5 Å². The molecular formula is C33H40O8. The molecule has 0 heterocycles. The molecule has 8 nitrogen and oxygen atoms in total. The van der Waals surface area contributed by atoms with Crippen molar-refractivity contribution >= 4 is 5.97 Å². The zero-order valence-corrected chi connectivity index (χ0v) is 24.1. The van der Waals surface area contributed by atoms with E-state index in [0.717, 1.165) is 48.1 Å². The van der Waals surface area contributed by atoms with Gasteiger partial charge in [0.1, 0.15) is 11.5 Å². The third-order valence-electron chi connectivity index (χ3n) is 8.61. The predicted octanol–water partition coefficient (Wildman–Crippen LogP) is 5.60. The fourth-order valence-electron chi connectivity index (χ4n) is 7.26. The lowest BCUT2D eigenvalue weighted by Crippen LogP contribution is -2.48. The first kappa shape index (κ1) is 29.4. The first-order valence-electron chi connectivity index (χ1n) is 14.5. The molecule has 41 heavy (non-hydrogen) atoms. The first-order chi connectivity index (χ1) is 19.9. The van der Waals surface area contributed by atoms with Gasteiger partial charge >= 0.3 is 12.4 Å². The fourth-order valence-corrected chi connectivity index (χ4v) is 7.26. The number of carboxylic acids is 1. The van der Waals surface area contributed by atoms with Gasteiger partial charge in [-0.15, -0.1) is 0 Å². The van der Waals surface area contributed by atoms with Crippen molar-refractivity contribution in [3.63, 3.8) is 0 Å². The van der Waals surface area contributed by atoms with Crippen molar-refractivity contribution < 1.29 is 38.3 Å². The number of methoxy groups -OCH3 is 2. The smallest absolute Gasteiger partial charge is 0.335 e. The SMILES string of the molecule is CCOC(OC)Oc1cc(OCOCCOC)c(C#Cc2ccc(C(=O)O)cc2)cc1C12CC3CC(CC(C3)C1)C2. The fraction of sp³-hybridized carbons (Fsp3) is 0.545. The van der Waals surface area contributed by atoms with Gasteiger partial charge in [-0.2, -0.15) is 0 Å². The lowest BCUT2D eigenvalue weighted by Gasteiger charge is -2.57.